The summed E-state index contributed by atoms with van der Waals surface area (Å²) in [5.41, 5.74) is 0. The molecule has 0 aliphatic carbocycles. The van der Waals surface area contributed by atoms with Crippen LogP contribution in [0.25, 0.3) is 0 Å². The molecule has 0 aromatic carbocycles. The van der Waals surface area contributed by atoms with Gasteiger partial charge in [-0.3, -0.25) is 4.79 Å². The predicted molar refractivity (Wildman–Crippen MR) is 78.5 cm³/mol. The third-order valence-corrected chi connectivity index (χ3v) is 5.02. The number of nitrogens with one attached hydrogen (secondary N) is 1. The molecule has 1 aromatic heterocycles. The van der Waals surface area contributed by atoms with Crippen LogP contribution in [0.4, 0.5) is 0 Å². The topological polar surface area (TPSA) is 58.6 Å². The van der Waals surface area contributed by atoms with Crippen LogP contribution in [-0.4, -0.2) is 36.9 Å². The van der Waals surface area contributed by atoms with Crippen LogP contribution in [0.1, 0.15) is 28.9 Å². The van der Waals surface area contributed by atoms with Crippen LogP contribution in [0.15, 0.2) is 15.9 Å². The van der Waals surface area contributed by atoms with Crippen molar-refractivity contribution in [2.75, 3.05) is 19.8 Å². The Bertz CT molecular complexity index is 418. The third-order valence-electron chi connectivity index (χ3n) is 3.33. The standard InChI is InChI=1S/C13H18BrNO3S/c14-10-7-12(19-8-10)13(17)15-4-1-11(16)9-2-5-18-6-3-9/h7-9,11,16H,1-6H2,(H,15,17)/t11-/m0/s1. The molecule has 4 nitrogen and oxygen atoms in total. The molecule has 0 unspecified atom stereocenters. The fraction of sp³-hybridized carbons (Fsp3) is 0.615. The molecule has 19 heavy (non-hydrogen) atoms. The van der Waals surface area contributed by atoms with Gasteiger partial charge in [-0.15, -0.1) is 11.3 Å². The predicted octanol–water partition coefficient (Wildman–Crippen LogP) is 2.42. The van der Waals surface area contributed by atoms with E-state index in [1.165, 1.54) is 11.3 Å². The summed E-state index contributed by atoms with van der Waals surface area (Å²) in [6.45, 7) is 1.97. The summed E-state index contributed by atoms with van der Waals surface area (Å²) < 4.78 is 6.19. The van der Waals surface area contributed by atoms with Gasteiger partial charge in [0.2, 0.25) is 0 Å². The fourth-order valence-corrected chi connectivity index (χ4v) is 3.53. The van der Waals surface area contributed by atoms with Gasteiger partial charge in [0.05, 0.1) is 11.0 Å². The third kappa shape index (κ3) is 4.56. The van der Waals surface area contributed by atoms with Crippen LogP contribution in [0.2, 0.25) is 0 Å². The van der Waals surface area contributed by atoms with Gasteiger partial charge in [0.15, 0.2) is 0 Å². The zero-order chi connectivity index (χ0) is 13.7. The molecular weight excluding hydrogens is 330 g/mol. The number of aliphatic hydroxyl groups is 1. The van der Waals surface area contributed by atoms with Crippen molar-refractivity contribution in [3.8, 4) is 0 Å². The highest BCUT2D eigenvalue weighted by Gasteiger charge is 2.21. The lowest BCUT2D eigenvalue weighted by molar-refractivity contribution is 0.00528. The largest absolute Gasteiger partial charge is 0.393 e. The molecule has 0 radical (unpaired) electrons. The van der Waals surface area contributed by atoms with E-state index in [-0.39, 0.29) is 12.0 Å². The minimum Gasteiger partial charge on any atom is -0.393 e. The first-order valence-corrected chi connectivity index (χ1v) is 8.12. The van der Waals surface area contributed by atoms with Gasteiger partial charge in [0, 0.05) is 29.6 Å². The average molecular weight is 348 g/mol. The number of halogens is 1. The summed E-state index contributed by atoms with van der Waals surface area (Å²) in [5.74, 6) is 0.233. The van der Waals surface area contributed by atoms with E-state index < -0.39 is 0 Å². The normalized spacial score (nSPS) is 18.2. The van der Waals surface area contributed by atoms with Crippen molar-refractivity contribution in [3.05, 3.63) is 20.8 Å². The Labute approximate surface area is 125 Å². The van der Waals surface area contributed by atoms with Crippen molar-refractivity contribution in [2.45, 2.75) is 25.4 Å². The van der Waals surface area contributed by atoms with E-state index >= 15 is 0 Å². The molecule has 1 aliphatic rings. The van der Waals surface area contributed by atoms with Gasteiger partial charge in [-0.1, -0.05) is 0 Å². The average Bonchev–Trinajstić information content (AvgIpc) is 2.86. The lowest BCUT2D eigenvalue weighted by atomic mass is 9.92. The molecule has 0 spiro atoms. The maximum Gasteiger partial charge on any atom is 0.261 e. The first-order chi connectivity index (χ1) is 9.16. The molecule has 2 rings (SSSR count). The maximum absolute atomic E-state index is 11.8. The van der Waals surface area contributed by atoms with Crippen molar-refractivity contribution in [3.63, 3.8) is 0 Å². The zero-order valence-electron chi connectivity index (χ0n) is 10.6. The van der Waals surface area contributed by atoms with Crippen molar-refractivity contribution >= 4 is 33.2 Å². The van der Waals surface area contributed by atoms with Crippen molar-refractivity contribution in [2.24, 2.45) is 5.92 Å². The monoisotopic (exact) mass is 347 g/mol. The second-order valence-electron chi connectivity index (χ2n) is 4.69. The zero-order valence-corrected chi connectivity index (χ0v) is 13.0. The second-order valence-corrected chi connectivity index (χ2v) is 6.52. The molecule has 1 saturated heterocycles. The van der Waals surface area contributed by atoms with Crippen LogP contribution in [-0.2, 0) is 4.74 Å². The smallest absolute Gasteiger partial charge is 0.261 e. The molecule has 0 saturated carbocycles. The van der Waals surface area contributed by atoms with Gasteiger partial charge >= 0.3 is 0 Å². The van der Waals surface area contributed by atoms with Crippen LogP contribution in [0.5, 0.6) is 0 Å². The van der Waals surface area contributed by atoms with Gasteiger partial charge < -0.3 is 15.2 Å². The number of rotatable bonds is 5. The summed E-state index contributed by atoms with van der Waals surface area (Å²) >= 11 is 4.73. The van der Waals surface area contributed by atoms with Gasteiger partial charge in [0.1, 0.15) is 0 Å². The Morgan fingerprint density at radius 2 is 2.32 bits per heavy atom. The second kappa shape index (κ2) is 7.38. The van der Waals surface area contributed by atoms with E-state index in [1.807, 2.05) is 5.38 Å². The lowest BCUT2D eigenvalue weighted by Crippen LogP contribution is -2.32. The lowest BCUT2D eigenvalue weighted by Gasteiger charge is -2.26. The molecule has 1 aromatic rings. The van der Waals surface area contributed by atoms with Crippen LogP contribution < -0.4 is 5.32 Å². The molecule has 1 aliphatic heterocycles. The highest BCUT2D eigenvalue weighted by molar-refractivity contribution is 9.10. The Morgan fingerprint density at radius 3 is 2.95 bits per heavy atom. The van der Waals surface area contributed by atoms with E-state index in [0.29, 0.717) is 23.8 Å². The maximum atomic E-state index is 11.8. The van der Waals surface area contributed by atoms with E-state index in [9.17, 15) is 9.90 Å². The molecule has 2 N–H and O–H groups in total. The number of thiophene rings is 1. The number of carbonyl (C=O) groups is 1. The number of aliphatic hydroxyl groups excluding tert-OH is 1. The van der Waals surface area contributed by atoms with Crippen molar-refractivity contribution in [1.82, 2.24) is 5.32 Å². The minimum atomic E-state index is -0.348. The summed E-state index contributed by atoms with van der Waals surface area (Å²) in [7, 11) is 0. The van der Waals surface area contributed by atoms with E-state index in [4.69, 9.17) is 4.74 Å². The number of hydrogen-bond acceptors (Lipinski definition) is 4. The first kappa shape index (κ1) is 15.0. The molecule has 0 bridgehead atoms. The van der Waals surface area contributed by atoms with Gasteiger partial charge in [-0.05, 0) is 47.2 Å². The molecule has 2 heterocycles. The molecule has 1 atom stereocenters. The summed E-state index contributed by atoms with van der Waals surface area (Å²) in [6.07, 6.45) is 2.07. The van der Waals surface area contributed by atoms with E-state index in [0.717, 1.165) is 30.5 Å². The SMILES string of the molecule is O=C(NCC[C@H](O)C1CCOCC1)c1cc(Br)cs1. The Kier molecular flexibility index (Phi) is 5.81. The summed E-state index contributed by atoms with van der Waals surface area (Å²) in [6, 6.07) is 1.80. The van der Waals surface area contributed by atoms with Crippen molar-refractivity contribution in [1.29, 1.82) is 0 Å². The molecular formula is C13H18BrNO3S. The summed E-state index contributed by atoms with van der Waals surface area (Å²) in [4.78, 5) is 12.5. The van der Waals surface area contributed by atoms with Gasteiger partial charge in [-0.25, -0.2) is 0 Å². The van der Waals surface area contributed by atoms with Crippen LogP contribution in [0, 0.1) is 5.92 Å². The molecule has 106 valence electrons. The number of carbonyl (C=O) groups excluding carboxylic acids is 1. The van der Waals surface area contributed by atoms with Gasteiger partial charge in [0.25, 0.3) is 5.91 Å². The van der Waals surface area contributed by atoms with Crippen molar-refractivity contribution < 1.29 is 14.6 Å². The number of amides is 1. The Morgan fingerprint density at radius 1 is 1.58 bits per heavy atom. The Balaban J connectivity index is 1.69. The number of ether oxygens (including phenoxy) is 1. The van der Waals surface area contributed by atoms with E-state index in [1.54, 1.807) is 6.07 Å². The van der Waals surface area contributed by atoms with Gasteiger partial charge in [-0.2, -0.15) is 0 Å². The Hall–Kier alpha value is -0.430. The minimum absolute atomic E-state index is 0.0742. The first-order valence-electron chi connectivity index (χ1n) is 6.45. The fourth-order valence-electron chi connectivity index (χ4n) is 2.19. The quantitative estimate of drug-likeness (QED) is 0.859. The molecule has 1 amide bonds. The number of hydrogen-bond donors (Lipinski definition) is 2. The molecule has 1 fully saturated rings. The van der Waals surface area contributed by atoms with Crippen LogP contribution in [0.3, 0.4) is 0 Å². The van der Waals surface area contributed by atoms with Crippen LogP contribution >= 0.6 is 27.3 Å². The molecule has 6 heteroatoms. The highest BCUT2D eigenvalue weighted by atomic mass is 79.9. The van der Waals surface area contributed by atoms with E-state index in [2.05, 4.69) is 21.2 Å². The summed E-state index contributed by atoms with van der Waals surface area (Å²) in [5, 5.41) is 14.8. The highest BCUT2D eigenvalue weighted by Crippen LogP contribution is 2.21.